The Morgan fingerprint density at radius 1 is 0.672 bits per heavy atom. The van der Waals surface area contributed by atoms with Crippen LogP contribution in [-0.2, 0) is 44.4 Å². The Labute approximate surface area is 364 Å². The number of aromatic nitrogens is 1. The quantitative estimate of drug-likeness (QED) is 0.0638. The second-order valence-electron chi connectivity index (χ2n) is 14.1. The summed E-state index contributed by atoms with van der Waals surface area (Å²) in [6, 6.07) is 18.5. The molecule has 1 aliphatic carbocycles. The van der Waals surface area contributed by atoms with Gasteiger partial charge in [-0.2, -0.15) is 0 Å². The number of hydrogen-bond donors (Lipinski definition) is 0. The second kappa shape index (κ2) is 21.4. The van der Waals surface area contributed by atoms with Crippen molar-refractivity contribution in [1.82, 2.24) is 9.47 Å². The molecule has 2 heterocycles. The zero-order valence-corrected chi connectivity index (χ0v) is 36.0. The van der Waals surface area contributed by atoms with Crippen molar-refractivity contribution in [2.24, 2.45) is 0 Å². The predicted octanol–water partition coefficient (Wildman–Crippen LogP) is 7.68. The van der Waals surface area contributed by atoms with Crippen molar-refractivity contribution in [3.63, 3.8) is 0 Å². The number of carbonyl (C=O) groups is 4. The Bertz CT molecular complexity index is 2330. The first-order valence-electron chi connectivity index (χ1n) is 19.8. The molecule has 4 aromatic rings. The topological polar surface area (TPSA) is 141 Å². The van der Waals surface area contributed by atoms with E-state index in [2.05, 4.69) is 0 Å². The lowest BCUT2D eigenvalue weighted by Gasteiger charge is -2.28. The van der Waals surface area contributed by atoms with E-state index in [1.165, 1.54) is 0 Å². The Morgan fingerprint density at radius 2 is 1.21 bits per heavy atom. The van der Waals surface area contributed by atoms with Gasteiger partial charge in [0.05, 0.1) is 78.3 Å². The van der Waals surface area contributed by atoms with Crippen molar-refractivity contribution in [3.05, 3.63) is 134 Å². The molecule has 322 valence electrons. The van der Waals surface area contributed by atoms with E-state index in [9.17, 15) is 19.2 Å². The van der Waals surface area contributed by atoms with Crippen LogP contribution in [0.5, 0.6) is 5.75 Å². The number of nitrogens with zero attached hydrogens (tertiary/aromatic N) is 2. The molecule has 61 heavy (non-hydrogen) atoms. The summed E-state index contributed by atoms with van der Waals surface area (Å²) in [5.74, 6) is -0.0451. The van der Waals surface area contributed by atoms with Gasteiger partial charge in [0.25, 0.3) is 11.8 Å². The molecule has 1 unspecified atom stereocenters. The van der Waals surface area contributed by atoms with E-state index in [-0.39, 0.29) is 70.3 Å². The van der Waals surface area contributed by atoms with Crippen molar-refractivity contribution in [3.8, 4) is 5.75 Å². The molecule has 0 bridgehead atoms. The van der Waals surface area contributed by atoms with Crippen molar-refractivity contribution >= 4 is 57.9 Å². The molecule has 2 aliphatic rings. The lowest BCUT2D eigenvalue weighted by atomic mass is 9.92. The second-order valence-corrected chi connectivity index (χ2v) is 15.0. The summed E-state index contributed by atoms with van der Waals surface area (Å²) >= 11 is 12.1. The summed E-state index contributed by atoms with van der Waals surface area (Å²) in [7, 11) is 3.14. The molecule has 1 amide bonds. The van der Waals surface area contributed by atoms with Crippen molar-refractivity contribution < 1.29 is 52.3 Å². The lowest BCUT2D eigenvalue weighted by molar-refractivity contribution is -0.145. The number of allylic oxidation sites excluding steroid dienone is 2. The van der Waals surface area contributed by atoms with Crippen molar-refractivity contribution in [2.45, 2.75) is 39.2 Å². The first kappa shape index (κ1) is 45.1. The summed E-state index contributed by atoms with van der Waals surface area (Å²) in [4.78, 5) is 54.7. The molecule has 0 spiro atoms. The number of amides is 1. The number of esters is 2. The van der Waals surface area contributed by atoms with Gasteiger partial charge in [-0.25, -0.2) is 0 Å². The van der Waals surface area contributed by atoms with Crippen LogP contribution in [-0.4, -0.2) is 106 Å². The minimum Gasteiger partial charge on any atom is -0.497 e. The highest BCUT2D eigenvalue weighted by atomic mass is 35.5. The molecule has 3 aromatic carbocycles. The first-order chi connectivity index (χ1) is 29.5. The average molecular weight is 876 g/mol. The molecular weight excluding hydrogens is 827 g/mol. The molecule has 13 nitrogen and oxygen atoms in total. The number of rotatable bonds is 20. The zero-order valence-electron chi connectivity index (χ0n) is 34.5. The number of carbonyl (C=O) groups excluding carboxylic acids is 4. The maximum atomic E-state index is 13.6. The number of hydrogen-bond acceptors (Lipinski definition) is 11. The highest BCUT2D eigenvalue weighted by Gasteiger charge is 2.40. The SMILES string of the molecule is COC1=CCC2C(=C1)C(CC(=O)OCCOCCOCCOCCOC(=O)Cc1c(C)n(C(=O)c3ccc(Cl)cc3)c3ccc(OC)cc13)=C(C)N2C(=O)c1ccc(Cl)cc1. The third kappa shape index (κ3) is 11.1. The molecule has 0 saturated carbocycles. The van der Waals surface area contributed by atoms with E-state index in [1.54, 1.807) is 97.3 Å². The molecule has 1 aromatic heterocycles. The van der Waals surface area contributed by atoms with Crippen LogP contribution < -0.4 is 4.74 Å². The lowest BCUT2D eigenvalue weighted by Crippen LogP contribution is -2.36. The molecule has 6 rings (SSSR count). The summed E-state index contributed by atoms with van der Waals surface area (Å²) in [5.41, 5.74) is 5.18. The van der Waals surface area contributed by atoms with Crippen LogP contribution in [0.1, 0.15) is 51.7 Å². The molecule has 0 fully saturated rings. The molecule has 1 atom stereocenters. The van der Waals surface area contributed by atoms with Crippen LogP contribution in [0, 0.1) is 6.92 Å². The molecule has 15 heteroatoms. The Kier molecular flexibility index (Phi) is 15.8. The van der Waals surface area contributed by atoms with Gasteiger partial charge in [-0.3, -0.25) is 23.7 Å². The maximum Gasteiger partial charge on any atom is 0.310 e. The fourth-order valence-corrected chi connectivity index (χ4v) is 7.59. The third-order valence-corrected chi connectivity index (χ3v) is 10.9. The van der Waals surface area contributed by atoms with Gasteiger partial charge < -0.3 is 38.1 Å². The van der Waals surface area contributed by atoms with Crippen LogP contribution in [0.4, 0.5) is 0 Å². The fraction of sp³-hybridized carbons (Fsp3) is 0.348. The van der Waals surface area contributed by atoms with E-state index >= 15 is 0 Å². The molecule has 1 aliphatic heterocycles. The summed E-state index contributed by atoms with van der Waals surface area (Å²) < 4.78 is 40.0. The van der Waals surface area contributed by atoms with Crippen molar-refractivity contribution in [1.29, 1.82) is 0 Å². The van der Waals surface area contributed by atoms with Crippen LogP contribution in [0.2, 0.25) is 10.0 Å². The standard InChI is InChI=1S/C46H48Cl2N2O11/c1-29-37(39-25-35(55-3)13-15-41(39)49(29)45(53)31-5-9-33(47)10-6-31)27-43(51)60-23-21-58-19-17-57-18-20-59-22-24-61-44(52)28-38-30(2)50(42-16-14-36(56-4)26-40(38)42)46(54)32-7-11-34(48)12-8-32/h5-15,25-26,42H,16-24,27-28H2,1-4H3. The minimum atomic E-state index is -0.459. The monoisotopic (exact) mass is 874 g/mol. The van der Waals surface area contributed by atoms with Gasteiger partial charge in [0, 0.05) is 37.9 Å². The summed E-state index contributed by atoms with van der Waals surface area (Å²) in [6.45, 7) is 5.28. The fourth-order valence-electron chi connectivity index (χ4n) is 7.34. The van der Waals surface area contributed by atoms with Crippen molar-refractivity contribution in [2.75, 3.05) is 67.1 Å². The molecule has 0 saturated heterocycles. The van der Waals surface area contributed by atoms with Crippen LogP contribution in [0.3, 0.4) is 0 Å². The van der Waals surface area contributed by atoms with Crippen LogP contribution in [0.25, 0.3) is 10.9 Å². The summed E-state index contributed by atoms with van der Waals surface area (Å²) in [5, 5.41) is 1.78. The normalized spacial score (nSPS) is 14.7. The Hall–Kier alpha value is -5.44. The smallest absolute Gasteiger partial charge is 0.310 e. The highest BCUT2D eigenvalue weighted by Crippen LogP contribution is 2.41. The predicted molar refractivity (Wildman–Crippen MR) is 229 cm³/mol. The number of halogens is 2. The number of ether oxygens (including phenoxy) is 7. The van der Waals surface area contributed by atoms with Gasteiger partial charge in [-0.1, -0.05) is 23.2 Å². The zero-order chi connectivity index (χ0) is 43.5. The Balaban J connectivity index is 0.861. The van der Waals surface area contributed by atoms with E-state index < -0.39 is 11.9 Å². The van der Waals surface area contributed by atoms with Gasteiger partial charge >= 0.3 is 11.9 Å². The maximum absolute atomic E-state index is 13.6. The largest absolute Gasteiger partial charge is 0.497 e. The number of fused-ring (bicyclic) bond motifs is 2. The minimum absolute atomic E-state index is 0.00740. The molecular formula is C46H48Cl2N2O11. The third-order valence-electron chi connectivity index (χ3n) is 10.4. The number of methoxy groups -OCH3 is 2. The van der Waals surface area contributed by atoms with Crippen LogP contribution >= 0.6 is 23.2 Å². The van der Waals surface area contributed by atoms with E-state index in [1.807, 2.05) is 19.1 Å². The van der Waals surface area contributed by atoms with Gasteiger partial charge in [0.1, 0.15) is 24.7 Å². The van der Waals surface area contributed by atoms with Crippen LogP contribution in [0.15, 0.2) is 101 Å². The summed E-state index contributed by atoms with van der Waals surface area (Å²) in [6.07, 6.45) is 4.29. The first-order valence-corrected chi connectivity index (χ1v) is 20.5. The van der Waals surface area contributed by atoms with E-state index in [4.69, 9.17) is 56.4 Å². The highest BCUT2D eigenvalue weighted by molar-refractivity contribution is 6.31. The van der Waals surface area contributed by atoms with Gasteiger partial charge in [0.15, 0.2) is 0 Å². The van der Waals surface area contributed by atoms with Gasteiger partial charge in [-0.15, -0.1) is 0 Å². The van der Waals surface area contributed by atoms with E-state index in [0.717, 1.165) is 16.5 Å². The van der Waals surface area contributed by atoms with E-state index in [0.29, 0.717) is 74.8 Å². The van der Waals surface area contributed by atoms with Gasteiger partial charge in [0.2, 0.25) is 0 Å². The molecule has 0 N–H and O–H groups in total. The Morgan fingerprint density at radius 3 is 1.77 bits per heavy atom. The number of benzene rings is 3. The molecule has 0 radical (unpaired) electrons. The van der Waals surface area contributed by atoms with Gasteiger partial charge in [-0.05, 0) is 116 Å². The average Bonchev–Trinajstić information content (AvgIpc) is 3.69.